The maximum atomic E-state index is 14.3. The number of benzene rings is 1. The molecule has 2 heterocycles. The van der Waals surface area contributed by atoms with Crippen LogP contribution in [-0.2, 0) is 0 Å². The quantitative estimate of drug-likeness (QED) is 0.757. The maximum Gasteiger partial charge on any atom is 0.134 e. The Bertz CT molecular complexity index is 793. The maximum absolute atomic E-state index is 14.3. The third-order valence-corrected chi connectivity index (χ3v) is 3.24. The molecule has 0 amide bonds. The molecule has 0 aliphatic heterocycles. The van der Waals surface area contributed by atoms with Crippen LogP contribution < -0.4 is 10.1 Å². The van der Waals surface area contributed by atoms with Gasteiger partial charge in [0.2, 0.25) is 0 Å². The summed E-state index contributed by atoms with van der Waals surface area (Å²) in [6.07, 6.45) is 3.33. The van der Waals surface area contributed by atoms with E-state index in [1.807, 2.05) is 25.1 Å². The van der Waals surface area contributed by atoms with Crippen LogP contribution in [-0.4, -0.2) is 16.6 Å². The van der Waals surface area contributed by atoms with Gasteiger partial charge in [0.05, 0.1) is 6.61 Å². The molecular weight excluding hydrogens is 293 g/mol. The Hall–Kier alpha value is -2.95. The largest absolute Gasteiger partial charge is 0.494 e. The van der Waals surface area contributed by atoms with Crippen LogP contribution in [0.25, 0.3) is 11.1 Å². The van der Waals surface area contributed by atoms with Crippen molar-refractivity contribution < 1.29 is 9.13 Å². The molecule has 0 aliphatic rings. The number of halogens is 1. The van der Waals surface area contributed by atoms with Crippen molar-refractivity contribution in [2.24, 2.45) is 0 Å². The Labute approximate surface area is 134 Å². The fourth-order valence-electron chi connectivity index (χ4n) is 2.22. The van der Waals surface area contributed by atoms with Gasteiger partial charge in [-0.2, -0.15) is 0 Å². The monoisotopic (exact) mass is 309 g/mol. The predicted octanol–water partition coefficient (Wildman–Crippen LogP) is 4.43. The highest BCUT2D eigenvalue weighted by molar-refractivity contribution is 5.69. The Kier molecular flexibility index (Phi) is 4.47. The minimum Gasteiger partial charge on any atom is -0.494 e. The fourth-order valence-corrected chi connectivity index (χ4v) is 2.22. The molecule has 4 nitrogen and oxygen atoms in total. The minimum absolute atomic E-state index is 0.328. The van der Waals surface area contributed by atoms with Gasteiger partial charge < -0.3 is 10.1 Å². The lowest BCUT2D eigenvalue weighted by atomic mass is 10.1. The van der Waals surface area contributed by atoms with E-state index in [9.17, 15) is 4.39 Å². The van der Waals surface area contributed by atoms with Crippen LogP contribution >= 0.6 is 0 Å². The van der Waals surface area contributed by atoms with Gasteiger partial charge in [-0.3, -0.25) is 0 Å². The van der Waals surface area contributed by atoms with E-state index < -0.39 is 0 Å². The molecule has 0 spiro atoms. The average Bonchev–Trinajstić information content (AvgIpc) is 2.56. The molecule has 0 atom stereocenters. The summed E-state index contributed by atoms with van der Waals surface area (Å²) in [4.78, 5) is 8.42. The molecule has 3 rings (SSSR count). The molecule has 23 heavy (non-hydrogen) atoms. The van der Waals surface area contributed by atoms with Gasteiger partial charge >= 0.3 is 0 Å². The summed E-state index contributed by atoms with van der Waals surface area (Å²) in [5, 5.41) is 3.10. The lowest BCUT2D eigenvalue weighted by Gasteiger charge is -2.09. The first-order chi connectivity index (χ1) is 11.3. The van der Waals surface area contributed by atoms with E-state index in [0.717, 1.165) is 5.56 Å². The summed E-state index contributed by atoms with van der Waals surface area (Å²) in [6, 6.07) is 14.0. The van der Waals surface area contributed by atoms with Gasteiger partial charge in [0, 0.05) is 24.0 Å². The fraction of sp³-hybridized carbons (Fsp3) is 0.111. The van der Waals surface area contributed by atoms with Gasteiger partial charge in [-0.1, -0.05) is 6.07 Å². The van der Waals surface area contributed by atoms with Crippen molar-refractivity contribution in [1.82, 2.24) is 9.97 Å². The molecule has 116 valence electrons. The Morgan fingerprint density at radius 2 is 1.87 bits per heavy atom. The summed E-state index contributed by atoms with van der Waals surface area (Å²) >= 11 is 0. The molecule has 1 aromatic carbocycles. The van der Waals surface area contributed by atoms with Crippen molar-refractivity contribution in [2.75, 3.05) is 11.9 Å². The van der Waals surface area contributed by atoms with Crippen LogP contribution in [0, 0.1) is 5.82 Å². The molecule has 3 aromatic rings. The Morgan fingerprint density at radius 3 is 2.61 bits per heavy atom. The number of aromatic nitrogens is 2. The van der Waals surface area contributed by atoms with Gasteiger partial charge in [0.1, 0.15) is 23.2 Å². The van der Waals surface area contributed by atoms with Crippen LogP contribution in [0.2, 0.25) is 0 Å². The van der Waals surface area contributed by atoms with Gasteiger partial charge in [0.25, 0.3) is 0 Å². The lowest BCUT2D eigenvalue weighted by molar-refractivity contribution is 0.338. The van der Waals surface area contributed by atoms with Crippen LogP contribution in [0.5, 0.6) is 5.75 Å². The number of pyridine rings is 2. The van der Waals surface area contributed by atoms with Crippen molar-refractivity contribution >= 4 is 11.6 Å². The van der Waals surface area contributed by atoms with Gasteiger partial charge in [-0.05, 0) is 48.9 Å². The zero-order valence-corrected chi connectivity index (χ0v) is 12.7. The molecule has 0 saturated heterocycles. The lowest BCUT2D eigenvalue weighted by Crippen LogP contribution is -1.96. The summed E-state index contributed by atoms with van der Waals surface area (Å²) in [5.41, 5.74) is 1.24. The number of hydrogen-bond donors (Lipinski definition) is 1. The van der Waals surface area contributed by atoms with Gasteiger partial charge in [-0.15, -0.1) is 0 Å². The second-order valence-corrected chi connectivity index (χ2v) is 4.84. The molecule has 0 aliphatic carbocycles. The van der Waals surface area contributed by atoms with Crippen molar-refractivity contribution in [3.8, 4) is 16.9 Å². The molecular formula is C18H16FN3O. The topological polar surface area (TPSA) is 47.0 Å². The number of ether oxygens (including phenoxy) is 1. The number of rotatable bonds is 5. The molecule has 0 fully saturated rings. The minimum atomic E-state index is -0.328. The molecule has 1 N–H and O–H groups in total. The first kappa shape index (κ1) is 15.0. The molecule has 0 radical (unpaired) electrons. The highest BCUT2D eigenvalue weighted by atomic mass is 19.1. The molecule has 2 aromatic heterocycles. The van der Waals surface area contributed by atoms with Crippen molar-refractivity contribution in [3.05, 3.63) is 66.7 Å². The van der Waals surface area contributed by atoms with Gasteiger partial charge in [0.15, 0.2) is 0 Å². The van der Waals surface area contributed by atoms with Gasteiger partial charge in [-0.25, -0.2) is 14.4 Å². The number of nitrogens with one attached hydrogen (secondary N) is 1. The summed E-state index contributed by atoms with van der Waals surface area (Å²) in [7, 11) is 0. The second-order valence-electron chi connectivity index (χ2n) is 4.84. The normalized spacial score (nSPS) is 10.3. The van der Waals surface area contributed by atoms with E-state index >= 15 is 0 Å². The molecule has 0 saturated carbocycles. The van der Waals surface area contributed by atoms with Crippen molar-refractivity contribution in [2.45, 2.75) is 6.92 Å². The third-order valence-electron chi connectivity index (χ3n) is 3.24. The van der Waals surface area contributed by atoms with Crippen molar-refractivity contribution in [3.63, 3.8) is 0 Å². The highest BCUT2D eigenvalue weighted by Gasteiger charge is 2.08. The van der Waals surface area contributed by atoms with E-state index in [0.29, 0.717) is 29.6 Å². The zero-order chi connectivity index (χ0) is 16.1. The van der Waals surface area contributed by atoms with E-state index in [2.05, 4.69) is 15.3 Å². The first-order valence-corrected chi connectivity index (χ1v) is 7.33. The highest BCUT2D eigenvalue weighted by Crippen LogP contribution is 2.27. The predicted molar refractivity (Wildman–Crippen MR) is 88.3 cm³/mol. The van der Waals surface area contributed by atoms with Crippen LogP contribution in [0.4, 0.5) is 16.0 Å². The van der Waals surface area contributed by atoms with E-state index in [4.69, 9.17) is 4.74 Å². The zero-order valence-electron chi connectivity index (χ0n) is 12.7. The smallest absolute Gasteiger partial charge is 0.134 e. The van der Waals surface area contributed by atoms with Crippen LogP contribution in [0.3, 0.4) is 0 Å². The SMILES string of the molecule is CCOc1ccc(-c2ccnc(Nc3ccccn3)c2)c(F)c1. The summed E-state index contributed by atoms with van der Waals surface area (Å²) < 4.78 is 19.6. The third kappa shape index (κ3) is 3.63. The van der Waals surface area contributed by atoms with Crippen LogP contribution in [0.15, 0.2) is 60.9 Å². The van der Waals surface area contributed by atoms with Crippen LogP contribution in [0.1, 0.15) is 6.92 Å². The first-order valence-electron chi connectivity index (χ1n) is 7.33. The number of hydrogen-bond acceptors (Lipinski definition) is 4. The van der Waals surface area contributed by atoms with E-state index in [-0.39, 0.29) is 5.82 Å². The summed E-state index contributed by atoms with van der Waals surface area (Å²) in [6.45, 7) is 2.37. The van der Waals surface area contributed by atoms with E-state index in [1.54, 1.807) is 36.7 Å². The number of nitrogens with zero attached hydrogens (tertiary/aromatic N) is 2. The van der Waals surface area contributed by atoms with E-state index in [1.165, 1.54) is 6.07 Å². The second kappa shape index (κ2) is 6.87. The Morgan fingerprint density at radius 1 is 1.00 bits per heavy atom. The molecule has 0 unspecified atom stereocenters. The number of anilines is 2. The molecule has 0 bridgehead atoms. The van der Waals surface area contributed by atoms with Crippen molar-refractivity contribution in [1.29, 1.82) is 0 Å². The summed E-state index contributed by atoms with van der Waals surface area (Å²) in [5.74, 6) is 1.49. The Balaban J connectivity index is 1.87. The average molecular weight is 309 g/mol. The molecule has 5 heteroatoms. The standard InChI is InChI=1S/C18H16FN3O/c1-2-23-14-6-7-15(16(19)12-14)13-8-10-21-18(11-13)22-17-5-3-4-9-20-17/h3-12H,2H2,1H3,(H,20,21,22).